The quantitative estimate of drug-likeness (QED) is 0.802. The Balaban J connectivity index is 1.97. The highest BCUT2D eigenvalue weighted by molar-refractivity contribution is 5.46. The molecule has 1 aromatic carbocycles. The minimum atomic E-state index is 0.596. The zero-order valence-electron chi connectivity index (χ0n) is 14.4. The van der Waals surface area contributed by atoms with E-state index in [-0.39, 0.29) is 0 Å². The van der Waals surface area contributed by atoms with Crippen molar-refractivity contribution in [3.05, 3.63) is 33.9 Å². The van der Waals surface area contributed by atoms with Crippen LogP contribution in [0.2, 0.25) is 0 Å². The van der Waals surface area contributed by atoms with E-state index in [0.29, 0.717) is 6.04 Å². The first-order chi connectivity index (χ1) is 10.1. The van der Waals surface area contributed by atoms with Crippen LogP contribution in [-0.2, 0) is 0 Å². The molecule has 0 bridgehead atoms. The fourth-order valence-electron chi connectivity index (χ4n) is 4.82. The predicted molar refractivity (Wildman–Crippen MR) is 90.7 cm³/mol. The molecule has 1 aromatic rings. The van der Waals surface area contributed by atoms with Gasteiger partial charge in [-0.3, -0.25) is 0 Å². The Labute approximate surface area is 130 Å². The van der Waals surface area contributed by atoms with E-state index < -0.39 is 0 Å². The SMILES string of the molecule is CCCNC(c1c(C)c(C)cc(C)c1C)C1C2CCCC21. The van der Waals surface area contributed by atoms with Gasteiger partial charge in [0.25, 0.3) is 0 Å². The number of hydrogen-bond acceptors (Lipinski definition) is 1. The molecule has 0 saturated heterocycles. The average Bonchev–Trinajstić information content (AvgIpc) is 2.92. The van der Waals surface area contributed by atoms with E-state index in [4.69, 9.17) is 0 Å². The van der Waals surface area contributed by atoms with Gasteiger partial charge in [0.2, 0.25) is 0 Å². The number of benzene rings is 1. The fraction of sp³-hybridized carbons (Fsp3) is 0.700. The molecule has 2 aliphatic carbocycles. The maximum absolute atomic E-state index is 3.91. The van der Waals surface area contributed by atoms with Crippen molar-refractivity contribution in [2.45, 2.75) is 66.3 Å². The van der Waals surface area contributed by atoms with Crippen molar-refractivity contribution >= 4 is 0 Å². The van der Waals surface area contributed by atoms with Gasteiger partial charge in [0.1, 0.15) is 0 Å². The Morgan fingerprint density at radius 1 is 1.05 bits per heavy atom. The van der Waals surface area contributed by atoms with Gasteiger partial charge in [-0.05, 0) is 99.1 Å². The number of aryl methyl sites for hydroxylation is 2. The summed E-state index contributed by atoms with van der Waals surface area (Å²) in [6, 6.07) is 2.96. The van der Waals surface area contributed by atoms with Crippen LogP contribution in [0.5, 0.6) is 0 Å². The lowest BCUT2D eigenvalue weighted by Crippen LogP contribution is -2.27. The maximum atomic E-state index is 3.91. The van der Waals surface area contributed by atoms with Crippen LogP contribution in [0, 0.1) is 45.4 Å². The monoisotopic (exact) mass is 285 g/mol. The minimum Gasteiger partial charge on any atom is -0.310 e. The van der Waals surface area contributed by atoms with Gasteiger partial charge in [-0.1, -0.05) is 19.4 Å². The Hall–Kier alpha value is -0.820. The van der Waals surface area contributed by atoms with Crippen molar-refractivity contribution in [1.82, 2.24) is 5.32 Å². The number of nitrogens with one attached hydrogen (secondary N) is 1. The highest BCUT2D eigenvalue weighted by Crippen LogP contribution is 2.62. The third-order valence-electron chi connectivity index (χ3n) is 6.21. The van der Waals surface area contributed by atoms with Crippen LogP contribution in [0.1, 0.15) is 66.5 Å². The van der Waals surface area contributed by atoms with Gasteiger partial charge in [-0.25, -0.2) is 0 Å². The lowest BCUT2D eigenvalue weighted by atomic mass is 9.86. The Kier molecular flexibility index (Phi) is 4.14. The summed E-state index contributed by atoms with van der Waals surface area (Å²) in [6.45, 7) is 12.6. The summed E-state index contributed by atoms with van der Waals surface area (Å²) in [4.78, 5) is 0. The predicted octanol–water partition coefficient (Wildman–Crippen LogP) is 5.01. The third-order valence-corrected chi connectivity index (χ3v) is 6.21. The molecule has 1 heteroatoms. The first-order valence-electron chi connectivity index (χ1n) is 8.87. The molecule has 21 heavy (non-hydrogen) atoms. The molecule has 1 nitrogen and oxygen atoms in total. The first kappa shape index (κ1) is 15.1. The fourth-order valence-corrected chi connectivity index (χ4v) is 4.82. The van der Waals surface area contributed by atoms with E-state index >= 15 is 0 Å². The Bertz CT molecular complexity index is 495. The summed E-state index contributed by atoms with van der Waals surface area (Å²) >= 11 is 0. The molecule has 1 N–H and O–H groups in total. The molecule has 3 unspecified atom stereocenters. The van der Waals surface area contributed by atoms with Crippen LogP contribution < -0.4 is 5.32 Å². The summed E-state index contributed by atoms with van der Waals surface area (Å²) in [6.07, 6.45) is 5.64. The topological polar surface area (TPSA) is 12.0 Å². The van der Waals surface area contributed by atoms with Crippen molar-refractivity contribution in [2.24, 2.45) is 17.8 Å². The van der Waals surface area contributed by atoms with Crippen molar-refractivity contribution in [3.63, 3.8) is 0 Å². The van der Waals surface area contributed by atoms with Crippen molar-refractivity contribution in [3.8, 4) is 0 Å². The van der Waals surface area contributed by atoms with Crippen LogP contribution in [0.4, 0.5) is 0 Å². The van der Waals surface area contributed by atoms with Crippen LogP contribution >= 0.6 is 0 Å². The smallest absolute Gasteiger partial charge is 0.0359 e. The number of fused-ring (bicyclic) bond motifs is 1. The first-order valence-corrected chi connectivity index (χ1v) is 8.87. The summed E-state index contributed by atoms with van der Waals surface area (Å²) in [5.74, 6) is 2.93. The normalized spacial score (nSPS) is 28.5. The van der Waals surface area contributed by atoms with E-state index in [9.17, 15) is 0 Å². The maximum Gasteiger partial charge on any atom is 0.0359 e. The van der Waals surface area contributed by atoms with Crippen LogP contribution in [-0.4, -0.2) is 6.54 Å². The lowest BCUT2D eigenvalue weighted by Gasteiger charge is -2.27. The van der Waals surface area contributed by atoms with Crippen molar-refractivity contribution < 1.29 is 0 Å². The molecule has 2 fully saturated rings. The molecule has 2 aliphatic rings. The van der Waals surface area contributed by atoms with Gasteiger partial charge in [-0.2, -0.15) is 0 Å². The summed E-state index contributed by atoms with van der Waals surface area (Å²) < 4.78 is 0. The van der Waals surface area contributed by atoms with Gasteiger partial charge in [0, 0.05) is 6.04 Å². The summed E-state index contributed by atoms with van der Waals surface area (Å²) in [5, 5.41) is 3.91. The standard InChI is InChI=1S/C20H31N/c1-6-10-21-20(19-16-8-7-9-17(16)19)18-14(4)12(2)11-13(3)15(18)5/h11,16-17,19-21H,6-10H2,1-5H3. The van der Waals surface area contributed by atoms with Gasteiger partial charge < -0.3 is 5.32 Å². The second-order valence-corrected chi connectivity index (χ2v) is 7.44. The van der Waals surface area contributed by atoms with Gasteiger partial charge >= 0.3 is 0 Å². The largest absolute Gasteiger partial charge is 0.310 e. The number of rotatable bonds is 5. The van der Waals surface area contributed by atoms with Crippen LogP contribution in [0.15, 0.2) is 6.07 Å². The molecule has 0 spiro atoms. The molecule has 0 aromatic heterocycles. The second kappa shape index (κ2) is 5.76. The summed E-state index contributed by atoms with van der Waals surface area (Å²) in [5.41, 5.74) is 7.60. The Morgan fingerprint density at radius 2 is 1.62 bits per heavy atom. The van der Waals surface area contributed by atoms with E-state index in [1.165, 1.54) is 47.9 Å². The zero-order valence-corrected chi connectivity index (χ0v) is 14.4. The van der Waals surface area contributed by atoms with E-state index in [0.717, 1.165) is 24.3 Å². The van der Waals surface area contributed by atoms with Gasteiger partial charge in [-0.15, -0.1) is 0 Å². The van der Waals surface area contributed by atoms with Gasteiger partial charge in [0.05, 0.1) is 0 Å². The highest BCUT2D eigenvalue weighted by atomic mass is 14.9. The van der Waals surface area contributed by atoms with Crippen LogP contribution in [0.3, 0.4) is 0 Å². The molecule has 116 valence electrons. The molecular weight excluding hydrogens is 254 g/mol. The van der Waals surface area contributed by atoms with Gasteiger partial charge in [0.15, 0.2) is 0 Å². The molecule has 3 atom stereocenters. The van der Waals surface area contributed by atoms with E-state index in [2.05, 4.69) is 46.0 Å². The minimum absolute atomic E-state index is 0.596. The molecule has 0 radical (unpaired) electrons. The molecule has 3 rings (SSSR count). The second-order valence-electron chi connectivity index (χ2n) is 7.44. The van der Waals surface area contributed by atoms with E-state index in [1.54, 1.807) is 5.56 Å². The van der Waals surface area contributed by atoms with Crippen molar-refractivity contribution in [2.75, 3.05) is 6.54 Å². The third kappa shape index (κ3) is 2.54. The Morgan fingerprint density at radius 3 is 2.14 bits per heavy atom. The molecule has 0 aliphatic heterocycles. The molecular formula is C20H31N. The average molecular weight is 285 g/mol. The highest BCUT2D eigenvalue weighted by Gasteiger charge is 2.56. The lowest BCUT2D eigenvalue weighted by molar-refractivity contribution is 0.414. The summed E-state index contributed by atoms with van der Waals surface area (Å²) in [7, 11) is 0. The zero-order chi connectivity index (χ0) is 15.1. The number of hydrogen-bond donors (Lipinski definition) is 1. The van der Waals surface area contributed by atoms with Crippen LogP contribution in [0.25, 0.3) is 0 Å². The molecule has 2 saturated carbocycles. The molecule has 0 amide bonds. The van der Waals surface area contributed by atoms with E-state index in [1.807, 2.05) is 0 Å². The van der Waals surface area contributed by atoms with Crippen molar-refractivity contribution in [1.29, 1.82) is 0 Å². The molecule has 0 heterocycles.